The maximum Gasteiger partial charge on any atom is 0.439 e. The molecule has 1 aliphatic carbocycles. The maximum atomic E-state index is 11.3. The maximum absolute atomic E-state index is 11.3. The number of hydrogen-bond donors (Lipinski definition) is 1. The molecule has 0 spiro atoms. The van der Waals surface area contributed by atoms with Crippen LogP contribution >= 0.6 is 0 Å². The number of hydrogen-bond acceptors (Lipinski definition) is 4. The van der Waals surface area contributed by atoms with Crippen molar-refractivity contribution < 1.29 is 17.9 Å². The van der Waals surface area contributed by atoms with E-state index in [0.717, 1.165) is 22.3 Å². The van der Waals surface area contributed by atoms with Crippen molar-refractivity contribution in [3.63, 3.8) is 0 Å². The van der Waals surface area contributed by atoms with E-state index in [1.54, 1.807) is 0 Å². The van der Waals surface area contributed by atoms with Gasteiger partial charge in [-0.2, -0.15) is 0 Å². The van der Waals surface area contributed by atoms with Crippen LogP contribution in [0.25, 0.3) is 11.1 Å². The Bertz CT molecular complexity index is 768. The van der Waals surface area contributed by atoms with E-state index in [9.17, 15) is 13.2 Å². The number of nitrogens with two attached hydrogens (primary N) is 1. The second kappa shape index (κ2) is 4.98. The number of benzene rings is 2. The predicted molar refractivity (Wildman–Crippen MR) is 78.2 cm³/mol. The van der Waals surface area contributed by atoms with Crippen LogP contribution in [0.4, 0.5) is 4.79 Å². The topological polar surface area (TPSA) is 86.5 Å². The van der Waals surface area contributed by atoms with E-state index in [2.05, 4.69) is 0 Å². The molecule has 108 valence electrons. The van der Waals surface area contributed by atoms with Crippen LogP contribution in [0.2, 0.25) is 0 Å². The molecule has 0 unspecified atom stereocenters. The minimum absolute atomic E-state index is 0.0523. The van der Waals surface area contributed by atoms with E-state index in [1.807, 2.05) is 48.5 Å². The van der Waals surface area contributed by atoms with Crippen molar-refractivity contribution in [2.45, 2.75) is 5.92 Å². The lowest BCUT2D eigenvalue weighted by Crippen LogP contribution is -2.25. The Morgan fingerprint density at radius 2 is 1.48 bits per heavy atom. The molecule has 21 heavy (non-hydrogen) atoms. The minimum Gasteiger partial charge on any atom is -0.452 e. The third-order valence-corrected chi connectivity index (χ3v) is 4.15. The zero-order valence-corrected chi connectivity index (χ0v) is 11.8. The molecule has 1 aliphatic rings. The monoisotopic (exact) mass is 303 g/mol. The third kappa shape index (κ3) is 2.43. The van der Waals surface area contributed by atoms with Gasteiger partial charge in [0, 0.05) is 5.92 Å². The fraction of sp³-hybridized carbons (Fsp3) is 0.133. The fourth-order valence-corrected chi connectivity index (χ4v) is 2.91. The lowest BCUT2D eigenvalue weighted by Gasteiger charge is -2.13. The molecule has 0 bridgehead atoms. The second-order valence-corrected chi connectivity index (χ2v) is 6.26. The van der Waals surface area contributed by atoms with Gasteiger partial charge < -0.3 is 4.74 Å². The van der Waals surface area contributed by atoms with Crippen molar-refractivity contribution in [3.05, 3.63) is 59.7 Å². The minimum atomic E-state index is -4.31. The SMILES string of the molecule is NS(=O)(=O)C(=O)OCC1c2ccccc2-c2ccccc21. The van der Waals surface area contributed by atoms with Crippen molar-refractivity contribution in [1.29, 1.82) is 0 Å². The highest BCUT2D eigenvalue weighted by Crippen LogP contribution is 2.44. The summed E-state index contributed by atoms with van der Waals surface area (Å²) in [6.45, 7) is -0.0523. The quantitative estimate of drug-likeness (QED) is 0.862. The molecule has 2 aromatic rings. The second-order valence-electron chi connectivity index (χ2n) is 4.83. The Hall–Kier alpha value is -2.18. The zero-order valence-electron chi connectivity index (χ0n) is 11.0. The molecular weight excluding hydrogens is 290 g/mol. The Morgan fingerprint density at radius 3 is 1.95 bits per heavy atom. The molecule has 2 aromatic carbocycles. The Morgan fingerprint density at radius 1 is 1.00 bits per heavy atom. The van der Waals surface area contributed by atoms with Gasteiger partial charge in [-0.25, -0.2) is 18.4 Å². The van der Waals surface area contributed by atoms with E-state index < -0.39 is 15.3 Å². The summed E-state index contributed by atoms with van der Waals surface area (Å²) in [5.74, 6) is -0.178. The standard InChI is InChI=1S/C15H13NO4S/c16-21(18,19)15(17)20-9-14-12-7-3-1-5-10(12)11-6-2-4-8-13(11)14/h1-8,14H,9H2,(H2,16,18,19). The van der Waals surface area contributed by atoms with Crippen molar-refractivity contribution in [2.75, 3.05) is 6.61 Å². The number of rotatable bonds is 2. The van der Waals surface area contributed by atoms with Gasteiger partial charge in [-0.05, 0) is 22.3 Å². The van der Waals surface area contributed by atoms with Gasteiger partial charge in [0.1, 0.15) is 6.61 Å². The van der Waals surface area contributed by atoms with E-state index in [4.69, 9.17) is 9.88 Å². The molecule has 0 aromatic heterocycles. The van der Waals surface area contributed by atoms with Crippen molar-refractivity contribution >= 4 is 15.3 Å². The number of carbonyl (C=O) groups is 1. The van der Waals surface area contributed by atoms with Gasteiger partial charge in [-0.15, -0.1) is 0 Å². The van der Waals surface area contributed by atoms with Crippen LogP contribution in [0.1, 0.15) is 17.0 Å². The molecule has 2 N–H and O–H groups in total. The van der Waals surface area contributed by atoms with Gasteiger partial charge in [0.2, 0.25) is 0 Å². The summed E-state index contributed by atoms with van der Waals surface area (Å²) in [6, 6.07) is 15.6. The van der Waals surface area contributed by atoms with Gasteiger partial charge in [-0.3, -0.25) is 0 Å². The number of sulfonamides is 1. The van der Waals surface area contributed by atoms with E-state index in [1.165, 1.54) is 0 Å². The molecule has 3 rings (SSSR count). The number of ether oxygens (including phenoxy) is 1. The summed E-state index contributed by atoms with van der Waals surface area (Å²) in [6.07, 6.45) is 0. The Kier molecular flexibility index (Phi) is 3.27. The van der Waals surface area contributed by atoms with Crippen LogP contribution in [0.15, 0.2) is 48.5 Å². The molecule has 0 heterocycles. The van der Waals surface area contributed by atoms with Crippen LogP contribution in [0.3, 0.4) is 0 Å². The molecular formula is C15H13NO4S. The highest BCUT2D eigenvalue weighted by molar-refractivity contribution is 8.03. The van der Waals surface area contributed by atoms with Gasteiger partial charge in [0.15, 0.2) is 0 Å². The molecule has 0 atom stereocenters. The first kappa shape index (κ1) is 13.8. The lowest BCUT2D eigenvalue weighted by molar-refractivity contribution is 0.168. The van der Waals surface area contributed by atoms with Crippen molar-refractivity contribution in [2.24, 2.45) is 5.14 Å². The highest BCUT2D eigenvalue weighted by Gasteiger charge is 2.30. The van der Waals surface area contributed by atoms with Crippen LogP contribution in [0.5, 0.6) is 0 Å². The molecule has 0 amide bonds. The highest BCUT2D eigenvalue weighted by atomic mass is 32.2. The molecule has 6 heteroatoms. The Balaban J connectivity index is 1.94. The smallest absolute Gasteiger partial charge is 0.439 e. The summed E-state index contributed by atoms with van der Waals surface area (Å²) in [5, 5.41) is 3.35. The molecule has 0 radical (unpaired) electrons. The molecule has 5 nitrogen and oxygen atoms in total. The summed E-state index contributed by atoms with van der Waals surface area (Å²) >= 11 is 0. The first-order valence-electron chi connectivity index (χ1n) is 6.36. The normalized spacial score (nSPS) is 13.6. The largest absolute Gasteiger partial charge is 0.452 e. The summed E-state index contributed by atoms with van der Waals surface area (Å²) in [7, 11) is -4.31. The third-order valence-electron chi connectivity index (χ3n) is 3.56. The molecule has 0 aliphatic heterocycles. The summed E-state index contributed by atoms with van der Waals surface area (Å²) in [4.78, 5) is 11.3. The number of fused-ring (bicyclic) bond motifs is 3. The van der Waals surface area contributed by atoms with Crippen molar-refractivity contribution in [3.8, 4) is 11.1 Å². The average molecular weight is 303 g/mol. The van der Waals surface area contributed by atoms with Gasteiger partial charge in [0.25, 0.3) is 0 Å². The van der Waals surface area contributed by atoms with Gasteiger partial charge in [0.05, 0.1) is 0 Å². The molecule has 0 fully saturated rings. The number of carbonyl (C=O) groups excluding carboxylic acids is 1. The van der Waals surface area contributed by atoms with E-state index in [0.29, 0.717) is 0 Å². The van der Waals surface area contributed by atoms with Gasteiger partial charge >= 0.3 is 15.3 Å². The van der Waals surface area contributed by atoms with Crippen LogP contribution in [-0.2, 0) is 14.8 Å². The summed E-state index contributed by atoms with van der Waals surface area (Å²) in [5.41, 5.74) is 4.18. The van der Waals surface area contributed by atoms with E-state index >= 15 is 0 Å². The molecule has 0 saturated heterocycles. The van der Waals surface area contributed by atoms with Gasteiger partial charge in [-0.1, -0.05) is 48.5 Å². The molecule has 0 saturated carbocycles. The van der Waals surface area contributed by atoms with Crippen LogP contribution in [-0.4, -0.2) is 20.3 Å². The average Bonchev–Trinajstić information content (AvgIpc) is 2.78. The summed E-state index contributed by atoms with van der Waals surface area (Å²) < 4.78 is 26.7. The first-order chi connectivity index (χ1) is 9.98. The number of primary sulfonamides is 1. The fourth-order valence-electron chi connectivity index (χ4n) is 2.67. The van der Waals surface area contributed by atoms with Crippen LogP contribution in [0, 0.1) is 0 Å². The van der Waals surface area contributed by atoms with E-state index in [-0.39, 0.29) is 12.5 Å². The predicted octanol–water partition coefficient (Wildman–Crippen LogP) is 2.22. The van der Waals surface area contributed by atoms with Crippen molar-refractivity contribution in [1.82, 2.24) is 0 Å². The zero-order chi connectivity index (χ0) is 15.0. The first-order valence-corrected chi connectivity index (χ1v) is 7.91. The van der Waals surface area contributed by atoms with Crippen LogP contribution < -0.4 is 5.14 Å². The lowest BCUT2D eigenvalue weighted by atomic mass is 9.98. The Labute approximate surface area is 122 Å².